The van der Waals surface area contributed by atoms with Crippen LogP contribution in [0.4, 0.5) is 5.69 Å². The van der Waals surface area contributed by atoms with E-state index in [0.29, 0.717) is 10.7 Å². The van der Waals surface area contributed by atoms with Crippen LogP contribution in [0, 0.1) is 0 Å². The van der Waals surface area contributed by atoms with Crippen molar-refractivity contribution in [1.29, 1.82) is 0 Å². The number of carboxylic acids is 1. The maximum atomic E-state index is 12.1. The van der Waals surface area contributed by atoms with Crippen LogP contribution < -0.4 is 11.1 Å². The maximum Gasteiger partial charge on any atom is 0.420 e. The van der Waals surface area contributed by atoms with Gasteiger partial charge in [-0.3, -0.25) is 9.36 Å². The van der Waals surface area contributed by atoms with Crippen LogP contribution in [0.3, 0.4) is 0 Å². The zero-order valence-corrected chi connectivity index (χ0v) is 12.9. The van der Waals surface area contributed by atoms with Gasteiger partial charge in [0, 0.05) is 10.7 Å². The molecule has 24 heavy (non-hydrogen) atoms. The molecule has 0 unspecified atom stereocenters. The summed E-state index contributed by atoms with van der Waals surface area (Å²) in [5, 5.41) is 12.2. The van der Waals surface area contributed by atoms with E-state index in [0.717, 1.165) is 4.57 Å². The number of carboxylic acid groups (broad SMARTS) is 1. The number of aromatic nitrogens is 1. The van der Waals surface area contributed by atoms with E-state index in [1.165, 1.54) is 18.2 Å². The smallest absolute Gasteiger partial charge is 0.420 e. The second kappa shape index (κ2) is 6.21. The average molecular weight is 347 g/mol. The second-order valence-electron chi connectivity index (χ2n) is 5.00. The van der Waals surface area contributed by atoms with E-state index in [1.807, 2.05) is 0 Å². The van der Waals surface area contributed by atoms with Crippen LogP contribution in [0.2, 0.25) is 5.02 Å². The Morgan fingerprint density at radius 1 is 1.17 bits per heavy atom. The summed E-state index contributed by atoms with van der Waals surface area (Å²) >= 11 is 5.77. The van der Waals surface area contributed by atoms with E-state index in [1.54, 1.807) is 24.3 Å². The molecule has 0 fully saturated rings. The SMILES string of the molecule is O=C(Cn1c(=O)oc2ccc(C(=O)O)cc21)Nc1ccc(Cl)cc1. The van der Waals surface area contributed by atoms with E-state index >= 15 is 0 Å². The molecule has 0 saturated carbocycles. The third-order valence-electron chi connectivity index (χ3n) is 3.34. The van der Waals surface area contributed by atoms with Crippen LogP contribution in [-0.4, -0.2) is 21.6 Å². The zero-order valence-electron chi connectivity index (χ0n) is 12.2. The molecule has 0 aliphatic carbocycles. The first-order valence-corrected chi connectivity index (χ1v) is 7.24. The topological polar surface area (TPSA) is 102 Å². The molecule has 2 N–H and O–H groups in total. The average Bonchev–Trinajstić information content (AvgIpc) is 2.84. The Morgan fingerprint density at radius 3 is 2.54 bits per heavy atom. The number of oxazole rings is 1. The highest BCUT2D eigenvalue weighted by atomic mass is 35.5. The number of carbonyl (C=O) groups is 2. The lowest BCUT2D eigenvalue weighted by Gasteiger charge is -2.06. The lowest BCUT2D eigenvalue weighted by atomic mass is 10.2. The third-order valence-corrected chi connectivity index (χ3v) is 3.60. The van der Waals surface area contributed by atoms with Gasteiger partial charge in [-0.2, -0.15) is 0 Å². The van der Waals surface area contributed by atoms with Crippen molar-refractivity contribution >= 4 is 40.3 Å². The molecule has 0 saturated heterocycles. The molecule has 0 radical (unpaired) electrons. The van der Waals surface area contributed by atoms with Gasteiger partial charge in [-0.15, -0.1) is 0 Å². The molecule has 1 heterocycles. The van der Waals surface area contributed by atoms with Crippen molar-refractivity contribution in [3.05, 3.63) is 63.6 Å². The number of nitrogens with one attached hydrogen (secondary N) is 1. The van der Waals surface area contributed by atoms with Crippen molar-refractivity contribution in [2.75, 3.05) is 5.32 Å². The fraction of sp³-hybridized carbons (Fsp3) is 0.0625. The van der Waals surface area contributed by atoms with Crippen LogP contribution in [0.15, 0.2) is 51.7 Å². The monoisotopic (exact) mass is 346 g/mol. The molecule has 8 heteroatoms. The molecule has 3 aromatic rings. The minimum Gasteiger partial charge on any atom is -0.478 e. The number of hydrogen-bond donors (Lipinski definition) is 2. The molecule has 7 nitrogen and oxygen atoms in total. The summed E-state index contributed by atoms with van der Waals surface area (Å²) < 4.78 is 6.09. The number of anilines is 1. The Kier molecular flexibility index (Phi) is 4.09. The Hall–Kier alpha value is -3.06. The van der Waals surface area contributed by atoms with Crippen LogP contribution in [0.25, 0.3) is 11.1 Å². The van der Waals surface area contributed by atoms with Gasteiger partial charge in [-0.05, 0) is 42.5 Å². The Bertz CT molecular complexity index is 988. The van der Waals surface area contributed by atoms with E-state index < -0.39 is 17.6 Å². The molecular formula is C16H11ClN2O5. The van der Waals surface area contributed by atoms with Gasteiger partial charge in [0.2, 0.25) is 5.91 Å². The number of carbonyl (C=O) groups excluding carboxylic acids is 1. The van der Waals surface area contributed by atoms with Gasteiger partial charge in [0.05, 0.1) is 11.1 Å². The number of nitrogens with zero attached hydrogens (tertiary/aromatic N) is 1. The molecular weight excluding hydrogens is 336 g/mol. The van der Waals surface area contributed by atoms with E-state index in [-0.39, 0.29) is 23.2 Å². The predicted octanol–water partition coefficient (Wildman–Crippen LogP) is 2.58. The highest BCUT2D eigenvalue weighted by Crippen LogP contribution is 2.16. The van der Waals surface area contributed by atoms with Gasteiger partial charge in [-0.1, -0.05) is 11.6 Å². The van der Waals surface area contributed by atoms with E-state index in [2.05, 4.69) is 5.32 Å². The van der Waals surface area contributed by atoms with Gasteiger partial charge in [0.1, 0.15) is 6.54 Å². The lowest BCUT2D eigenvalue weighted by molar-refractivity contribution is -0.116. The molecule has 1 aromatic heterocycles. The number of amides is 1. The number of rotatable bonds is 4. The number of fused-ring (bicyclic) bond motifs is 1. The highest BCUT2D eigenvalue weighted by molar-refractivity contribution is 6.30. The van der Waals surface area contributed by atoms with E-state index in [9.17, 15) is 14.4 Å². The molecule has 0 spiro atoms. The summed E-state index contributed by atoms with van der Waals surface area (Å²) in [6.07, 6.45) is 0. The molecule has 2 aromatic carbocycles. The quantitative estimate of drug-likeness (QED) is 0.756. The molecule has 3 rings (SSSR count). The van der Waals surface area contributed by atoms with Crippen molar-refractivity contribution in [2.24, 2.45) is 0 Å². The maximum absolute atomic E-state index is 12.1. The summed E-state index contributed by atoms with van der Waals surface area (Å²) in [5.74, 6) is -2.33. The normalized spacial score (nSPS) is 10.7. The van der Waals surface area contributed by atoms with Gasteiger partial charge < -0.3 is 14.8 Å². The van der Waals surface area contributed by atoms with Crippen molar-refractivity contribution in [1.82, 2.24) is 4.57 Å². The summed E-state index contributed by atoms with van der Waals surface area (Å²) in [5.41, 5.74) is 0.974. The standard InChI is InChI=1S/C16H11ClN2O5/c17-10-2-4-11(5-3-10)18-14(20)8-19-12-7-9(15(21)22)1-6-13(12)24-16(19)23/h1-7H,8H2,(H,18,20)(H,21,22). The number of halogens is 1. The minimum atomic E-state index is -1.14. The van der Waals surface area contributed by atoms with E-state index in [4.69, 9.17) is 21.1 Å². The van der Waals surface area contributed by atoms with Crippen LogP contribution in [-0.2, 0) is 11.3 Å². The van der Waals surface area contributed by atoms with Crippen molar-refractivity contribution in [3.8, 4) is 0 Å². The number of hydrogen-bond acceptors (Lipinski definition) is 4. The van der Waals surface area contributed by atoms with Crippen molar-refractivity contribution < 1.29 is 19.1 Å². The summed E-state index contributed by atoms with van der Waals surface area (Å²) in [6.45, 7) is -0.308. The second-order valence-corrected chi connectivity index (χ2v) is 5.43. The Balaban J connectivity index is 1.88. The van der Waals surface area contributed by atoms with Gasteiger partial charge in [-0.25, -0.2) is 9.59 Å². The Morgan fingerprint density at radius 2 is 1.88 bits per heavy atom. The summed E-state index contributed by atoms with van der Waals surface area (Å²) in [6, 6.07) is 10.5. The molecule has 0 aliphatic rings. The van der Waals surface area contributed by atoms with Gasteiger partial charge >= 0.3 is 11.7 Å². The first-order valence-electron chi connectivity index (χ1n) is 6.86. The summed E-state index contributed by atoms with van der Waals surface area (Å²) in [7, 11) is 0. The third kappa shape index (κ3) is 3.16. The van der Waals surface area contributed by atoms with Crippen LogP contribution in [0.5, 0.6) is 0 Å². The lowest BCUT2D eigenvalue weighted by Crippen LogP contribution is -2.24. The molecule has 0 atom stereocenters. The fourth-order valence-electron chi connectivity index (χ4n) is 2.22. The Labute approximate surface area is 140 Å². The van der Waals surface area contributed by atoms with Gasteiger partial charge in [0.15, 0.2) is 5.58 Å². The largest absolute Gasteiger partial charge is 0.478 e. The zero-order chi connectivity index (χ0) is 17.3. The van der Waals surface area contributed by atoms with Crippen LogP contribution in [0.1, 0.15) is 10.4 Å². The molecule has 1 amide bonds. The number of aromatic carboxylic acids is 1. The minimum absolute atomic E-state index is 0.00448. The molecule has 0 bridgehead atoms. The molecule has 122 valence electrons. The predicted molar refractivity (Wildman–Crippen MR) is 87.5 cm³/mol. The van der Waals surface area contributed by atoms with Crippen LogP contribution >= 0.6 is 11.6 Å². The first-order chi connectivity index (χ1) is 11.4. The first kappa shape index (κ1) is 15.8. The van der Waals surface area contributed by atoms with Crippen molar-refractivity contribution in [2.45, 2.75) is 6.54 Å². The summed E-state index contributed by atoms with van der Waals surface area (Å²) in [4.78, 5) is 35.1. The highest BCUT2D eigenvalue weighted by Gasteiger charge is 2.15. The van der Waals surface area contributed by atoms with Crippen molar-refractivity contribution in [3.63, 3.8) is 0 Å². The van der Waals surface area contributed by atoms with Gasteiger partial charge in [0.25, 0.3) is 0 Å². The number of benzene rings is 2. The fourth-order valence-corrected chi connectivity index (χ4v) is 2.35. The molecule has 0 aliphatic heterocycles.